The molecule has 0 atom stereocenters. The van der Waals surface area contributed by atoms with Crippen molar-refractivity contribution >= 4 is 29.2 Å². The van der Waals surface area contributed by atoms with Crippen molar-refractivity contribution in [2.45, 2.75) is 24.7 Å². The van der Waals surface area contributed by atoms with E-state index in [9.17, 15) is 9.18 Å². The molecule has 0 aromatic heterocycles. The molecule has 1 aliphatic carbocycles. The molecule has 1 aromatic carbocycles. The second kappa shape index (κ2) is 3.90. The van der Waals surface area contributed by atoms with E-state index in [1.54, 1.807) is 0 Å². The average molecular weight is 263 g/mol. The molecule has 0 saturated heterocycles. The average Bonchev–Trinajstić information content (AvgIpc) is 2.91. The first-order chi connectivity index (χ1) is 7.44. The van der Waals surface area contributed by atoms with Gasteiger partial charge in [0, 0.05) is 10.4 Å². The highest BCUT2D eigenvalue weighted by Crippen LogP contribution is 2.53. The minimum Gasteiger partial charge on any atom is -0.481 e. The standard InChI is InChI=1S/C11H9Cl2FO2/c12-7-4-9(14)8(13)3-6(7)11(1-2-11)5-10(15)16/h3-4H,1-2,5H2,(H,15,16). The van der Waals surface area contributed by atoms with Crippen LogP contribution in [0.1, 0.15) is 24.8 Å². The van der Waals surface area contributed by atoms with Crippen LogP contribution in [-0.2, 0) is 10.2 Å². The Bertz CT molecular complexity index is 456. The smallest absolute Gasteiger partial charge is 0.304 e. The summed E-state index contributed by atoms with van der Waals surface area (Å²) >= 11 is 11.6. The first-order valence-corrected chi connectivity index (χ1v) is 5.57. The maximum atomic E-state index is 13.1. The predicted molar refractivity (Wildman–Crippen MR) is 59.6 cm³/mol. The molecule has 86 valence electrons. The van der Waals surface area contributed by atoms with Gasteiger partial charge in [0.05, 0.1) is 11.4 Å². The van der Waals surface area contributed by atoms with Crippen LogP contribution < -0.4 is 0 Å². The lowest BCUT2D eigenvalue weighted by atomic mass is 9.92. The van der Waals surface area contributed by atoms with Crippen LogP contribution in [0.15, 0.2) is 12.1 Å². The maximum absolute atomic E-state index is 13.1. The third-order valence-electron chi connectivity index (χ3n) is 2.92. The number of halogens is 3. The van der Waals surface area contributed by atoms with Crippen LogP contribution in [0.4, 0.5) is 4.39 Å². The topological polar surface area (TPSA) is 37.3 Å². The van der Waals surface area contributed by atoms with Crippen LogP contribution in [0.3, 0.4) is 0 Å². The molecular weight excluding hydrogens is 254 g/mol. The van der Waals surface area contributed by atoms with Gasteiger partial charge in [-0.3, -0.25) is 4.79 Å². The quantitative estimate of drug-likeness (QED) is 0.845. The van der Waals surface area contributed by atoms with Crippen molar-refractivity contribution in [1.82, 2.24) is 0 Å². The van der Waals surface area contributed by atoms with Gasteiger partial charge in [0.25, 0.3) is 0 Å². The predicted octanol–water partition coefficient (Wildman–Crippen LogP) is 3.64. The summed E-state index contributed by atoms with van der Waals surface area (Å²) < 4.78 is 13.1. The van der Waals surface area contributed by atoms with Gasteiger partial charge in [0.1, 0.15) is 5.82 Å². The highest BCUT2D eigenvalue weighted by Gasteiger charge is 2.47. The van der Waals surface area contributed by atoms with Gasteiger partial charge < -0.3 is 5.11 Å². The number of rotatable bonds is 3. The molecule has 0 radical (unpaired) electrons. The number of aliphatic carboxylic acids is 1. The maximum Gasteiger partial charge on any atom is 0.304 e. The molecule has 0 bridgehead atoms. The van der Waals surface area contributed by atoms with E-state index in [0.717, 1.165) is 18.9 Å². The highest BCUT2D eigenvalue weighted by molar-refractivity contribution is 6.33. The fourth-order valence-corrected chi connectivity index (χ4v) is 2.43. The molecule has 2 nitrogen and oxygen atoms in total. The summed E-state index contributed by atoms with van der Waals surface area (Å²) in [6.07, 6.45) is 1.51. The molecule has 0 aliphatic heterocycles. The molecule has 1 fully saturated rings. The van der Waals surface area contributed by atoms with Crippen LogP contribution in [0, 0.1) is 5.82 Å². The van der Waals surface area contributed by atoms with Crippen LogP contribution in [0.5, 0.6) is 0 Å². The van der Waals surface area contributed by atoms with Crippen LogP contribution in [0.25, 0.3) is 0 Å². The fraction of sp³-hybridized carbons (Fsp3) is 0.364. The molecule has 1 N–H and O–H groups in total. The lowest BCUT2D eigenvalue weighted by molar-refractivity contribution is -0.137. The molecule has 2 rings (SSSR count). The Kier molecular flexibility index (Phi) is 2.84. The summed E-state index contributed by atoms with van der Waals surface area (Å²) in [6, 6.07) is 2.58. The van der Waals surface area contributed by atoms with E-state index in [1.807, 2.05) is 0 Å². The van der Waals surface area contributed by atoms with Crippen LogP contribution >= 0.6 is 23.2 Å². The molecule has 1 saturated carbocycles. The van der Waals surface area contributed by atoms with Crippen molar-refractivity contribution < 1.29 is 14.3 Å². The van der Waals surface area contributed by atoms with E-state index in [0.29, 0.717) is 5.56 Å². The van der Waals surface area contributed by atoms with Crippen molar-refractivity contribution in [3.63, 3.8) is 0 Å². The SMILES string of the molecule is O=C(O)CC1(c2cc(Cl)c(F)cc2Cl)CC1. The normalized spacial score (nSPS) is 17.2. The van der Waals surface area contributed by atoms with Crippen molar-refractivity contribution in [3.8, 4) is 0 Å². The van der Waals surface area contributed by atoms with Gasteiger partial charge >= 0.3 is 5.97 Å². The second-order valence-electron chi connectivity index (χ2n) is 4.10. The summed E-state index contributed by atoms with van der Waals surface area (Å²) in [7, 11) is 0. The number of benzene rings is 1. The second-order valence-corrected chi connectivity index (χ2v) is 4.91. The monoisotopic (exact) mass is 262 g/mol. The van der Waals surface area contributed by atoms with E-state index in [4.69, 9.17) is 28.3 Å². The van der Waals surface area contributed by atoms with Crippen molar-refractivity contribution in [2.75, 3.05) is 0 Å². The molecule has 0 amide bonds. The summed E-state index contributed by atoms with van der Waals surface area (Å²) in [6.45, 7) is 0. The zero-order valence-electron chi connectivity index (χ0n) is 8.27. The number of carboxylic acids is 1. The first kappa shape index (κ1) is 11.7. The summed E-state index contributed by atoms with van der Waals surface area (Å²) in [5.41, 5.74) is 0.197. The van der Waals surface area contributed by atoms with Gasteiger partial charge in [0.2, 0.25) is 0 Å². The van der Waals surface area contributed by atoms with Gasteiger partial charge in [-0.1, -0.05) is 23.2 Å². The van der Waals surface area contributed by atoms with E-state index >= 15 is 0 Å². The summed E-state index contributed by atoms with van der Waals surface area (Å²) in [5, 5.41) is 9.05. The molecule has 0 spiro atoms. The van der Waals surface area contributed by atoms with Gasteiger partial charge in [-0.05, 0) is 30.5 Å². The Morgan fingerprint density at radius 2 is 2.00 bits per heavy atom. The largest absolute Gasteiger partial charge is 0.481 e. The first-order valence-electron chi connectivity index (χ1n) is 4.81. The van der Waals surface area contributed by atoms with Gasteiger partial charge in [-0.2, -0.15) is 0 Å². The number of hydrogen-bond acceptors (Lipinski definition) is 1. The number of hydrogen-bond donors (Lipinski definition) is 1. The fourth-order valence-electron chi connectivity index (χ4n) is 1.91. The number of carboxylic acid groups (broad SMARTS) is 1. The van der Waals surface area contributed by atoms with Gasteiger partial charge in [-0.15, -0.1) is 0 Å². The Balaban J connectivity index is 2.41. The summed E-state index contributed by atoms with van der Waals surface area (Å²) in [4.78, 5) is 10.7. The minimum absolute atomic E-state index is 0.00861. The zero-order chi connectivity index (χ0) is 11.9. The Morgan fingerprint density at radius 3 is 2.50 bits per heavy atom. The Hall–Kier alpha value is -0.800. The van der Waals surface area contributed by atoms with E-state index in [-0.39, 0.29) is 16.5 Å². The van der Waals surface area contributed by atoms with E-state index in [1.165, 1.54) is 6.07 Å². The van der Waals surface area contributed by atoms with E-state index < -0.39 is 17.2 Å². The lowest BCUT2D eigenvalue weighted by Crippen LogP contribution is -2.13. The third kappa shape index (κ3) is 2.02. The molecule has 16 heavy (non-hydrogen) atoms. The lowest BCUT2D eigenvalue weighted by Gasteiger charge is -2.15. The van der Waals surface area contributed by atoms with E-state index in [2.05, 4.69) is 0 Å². The van der Waals surface area contributed by atoms with Crippen LogP contribution in [0.2, 0.25) is 10.0 Å². The molecule has 1 aromatic rings. The van der Waals surface area contributed by atoms with Crippen molar-refractivity contribution in [3.05, 3.63) is 33.6 Å². The van der Waals surface area contributed by atoms with Crippen molar-refractivity contribution in [2.24, 2.45) is 0 Å². The third-order valence-corrected chi connectivity index (χ3v) is 3.53. The van der Waals surface area contributed by atoms with Gasteiger partial charge in [-0.25, -0.2) is 4.39 Å². The molecule has 5 heteroatoms. The molecule has 0 unspecified atom stereocenters. The minimum atomic E-state index is -0.881. The highest BCUT2D eigenvalue weighted by atomic mass is 35.5. The molecule has 0 heterocycles. The molecular formula is C11H9Cl2FO2. The zero-order valence-corrected chi connectivity index (χ0v) is 9.78. The number of carbonyl (C=O) groups is 1. The van der Waals surface area contributed by atoms with Crippen LogP contribution in [-0.4, -0.2) is 11.1 Å². The van der Waals surface area contributed by atoms with Crippen molar-refractivity contribution in [1.29, 1.82) is 0 Å². The Morgan fingerprint density at radius 1 is 1.38 bits per heavy atom. The molecule has 1 aliphatic rings. The summed E-state index contributed by atoms with van der Waals surface area (Å²) in [5.74, 6) is -1.46. The Labute approximate surface area is 102 Å². The van der Waals surface area contributed by atoms with Gasteiger partial charge in [0.15, 0.2) is 0 Å².